The summed E-state index contributed by atoms with van der Waals surface area (Å²) in [6.07, 6.45) is 7.96. The van der Waals surface area contributed by atoms with Crippen LogP contribution < -0.4 is 0 Å². The van der Waals surface area contributed by atoms with Crippen LogP contribution in [-0.2, 0) is 17.0 Å². The molecule has 0 saturated carbocycles. The molecule has 0 saturated heterocycles. The summed E-state index contributed by atoms with van der Waals surface area (Å²) < 4.78 is 5.87. The van der Waals surface area contributed by atoms with Crippen molar-refractivity contribution < 1.29 is 14.1 Å². The second-order valence-corrected chi connectivity index (χ2v) is 11.1. The number of carboxylic acid groups (broad SMARTS) is 1. The van der Waals surface area contributed by atoms with Crippen LogP contribution in [0.3, 0.4) is 0 Å². The molecule has 0 aliphatic rings. The topological polar surface area (TPSA) is 46.5 Å². The minimum atomic E-state index is -2.42. The highest BCUT2D eigenvalue weighted by Crippen LogP contribution is 2.69. The molecule has 0 aliphatic carbocycles. The molecule has 0 radical (unpaired) electrons. The highest BCUT2D eigenvalue weighted by molar-refractivity contribution is 8.30. The first-order chi connectivity index (χ1) is 16.1. The van der Waals surface area contributed by atoms with Gasteiger partial charge in [0, 0.05) is 14.7 Å². The molecule has 3 rings (SSSR count). The van der Waals surface area contributed by atoms with Gasteiger partial charge in [0.25, 0.3) is 0 Å². The van der Waals surface area contributed by atoms with Gasteiger partial charge in [0.15, 0.2) is 0 Å². The van der Waals surface area contributed by atoms with Crippen molar-refractivity contribution in [2.75, 3.05) is 0 Å². The van der Waals surface area contributed by atoms with E-state index in [9.17, 15) is 9.90 Å². The maximum atomic E-state index is 12.0. The Hall–Kier alpha value is -2.72. The fraction of sp³-hybridized carbons (Fsp3) is 0.345. The van der Waals surface area contributed by atoms with Gasteiger partial charge in [-0.3, -0.25) is 0 Å². The summed E-state index contributed by atoms with van der Waals surface area (Å²) >= 11 is 0. The minimum Gasteiger partial charge on any atom is -0.449 e. The largest absolute Gasteiger partial charge is 0.517 e. The monoisotopic (exact) mass is 464 g/mol. The molecule has 3 aromatic carbocycles. The Balaban J connectivity index is 2.05. The Bertz CT molecular complexity index is 928. The normalized spacial score (nSPS) is 11.8. The second kappa shape index (κ2) is 12.5. The van der Waals surface area contributed by atoms with Gasteiger partial charge in [-0.25, -0.2) is 4.79 Å². The van der Waals surface area contributed by atoms with Crippen LogP contribution in [0, 0.1) is 0 Å². The van der Waals surface area contributed by atoms with E-state index in [2.05, 4.69) is 62.4 Å². The van der Waals surface area contributed by atoms with E-state index < -0.39 is 16.5 Å². The van der Waals surface area contributed by atoms with Crippen molar-refractivity contribution in [1.29, 1.82) is 0 Å². The third-order valence-electron chi connectivity index (χ3n) is 5.92. The molecule has 33 heavy (non-hydrogen) atoms. The smallest absolute Gasteiger partial charge is 0.449 e. The van der Waals surface area contributed by atoms with E-state index in [1.165, 1.54) is 36.8 Å². The van der Waals surface area contributed by atoms with Crippen LogP contribution in [0.25, 0.3) is 0 Å². The highest BCUT2D eigenvalue weighted by atomic mass is 32.3. The van der Waals surface area contributed by atoms with Gasteiger partial charge >= 0.3 is 6.16 Å². The van der Waals surface area contributed by atoms with Gasteiger partial charge < -0.3 is 9.29 Å². The van der Waals surface area contributed by atoms with Crippen molar-refractivity contribution in [2.24, 2.45) is 0 Å². The Morgan fingerprint density at radius 2 is 1.09 bits per heavy atom. The lowest BCUT2D eigenvalue weighted by atomic mass is 10.1. The average Bonchev–Trinajstić information content (AvgIpc) is 2.84. The van der Waals surface area contributed by atoms with E-state index in [0.717, 1.165) is 40.4 Å². The zero-order chi connectivity index (χ0) is 23.5. The molecule has 0 unspecified atom stereocenters. The van der Waals surface area contributed by atoms with Crippen LogP contribution in [0.2, 0.25) is 0 Å². The van der Waals surface area contributed by atoms with E-state index in [-0.39, 0.29) is 0 Å². The average molecular weight is 465 g/mol. The first kappa shape index (κ1) is 24.9. The summed E-state index contributed by atoms with van der Waals surface area (Å²) in [7, 11) is -2.42. The van der Waals surface area contributed by atoms with Crippen LogP contribution >= 0.6 is 10.3 Å². The maximum absolute atomic E-state index is 12.0. The number of unbranched alkanes of at least 4 members (excludes halogenated alkanes) is 4. The third kappa shape index (κ3) is 6.42. The molecule has 0 heterocycles. The minimum absolute atomic E-state index is 0.880. The molecule has 0 fully saturated rings. The number of carbonyl (C=O) groups is 1. The van der Waals surface area contributed by atoms with Gasteiger partial charge in [-0.05, 0) is 83.5 Å². The number of rotatable bonds is 12. The van der Waals surface area contributed by atoms with E-state index in [4.69, 9.17) is 4.18 Å². The maximum Gasteiger partial charge on any atom is 0.517 e. The molecule has 176 valence electrons. The number of hydrogen-bond donors (Lipinski definition) is 1. The van der Waals surface area contributed by atoms with Gasteiger partial charge in [-0.2, -0.15) is 0 Å². The number of aryl methyl sites for hydroxylation is 2. The van der Waals surface area contributed by atoms with Gasteiger partial charge in [0.05, 0.1) is 0 Å². The van der Waals surface area contributed by atoms with Gasteiger partial charge in [0.1, 0.15) is 0 Å². The summed E-state index contributed by atoms with van der Waals surface area (Å²) in [6, 6.07) is 26.5. The molecule has 3 nitrogen and oxygen atoms in total. The fourth-order valence-electron chi connectivity index (χ4n) is 4.13. The summed E-state index contributed by atoms with van der Waals surface area (Å²) in [5.74, 6) is 0. The molecular formula is C29H36O3S. The number of hydrogen-bond acceptors (Lipinski definition) is 2. The standard InChI is InChI=1S/C29H36O3S/c1-3-5-8-12-24-16-20-27(21-17-24)33(32-29(30)31,26-14-10-7-11-15-26)28-22-18-25(19-23-28)13-9-6-4-2/h7,10-11,14-23H,3-6,8-9,12-13H2,1-2H3,(H,30,31). The Morgan fingerprint density at radius 3 is 1.48 bits per heavy atom. The summed E-state index contributed by atoms with van der Waals surface area (Å²) in [5, 5.41) is 9.83. The van der Waals surface area contributed by atoms with Crippen molar-refractivity contribution in [2.45, 2.75) is 79.9 Å². The summed E-state index contributed by atoms with van der Waals surface area (Å²) in [6.45, 7) is 4.41. The molecule has 0 bridgehead atoms. The van der Waals surface area contributed by atoms with Gasteiger partial charge in [-0.15, -0.1) is 0 Å². The SMILES string of the molecule is CCCCCc1ccc(S(OC(=O)O)(c2ccccc2)c2ccc(CCCCC)cc2)cc1. The summed E-state index contributed by atoms with van der Waals surface area (Å²) in [4.78, 5) is 14.7. The predicted molar refractivity (Wildman–Crippen MR) is 137 cm³/mol. The van der Waals surface area contributed by atoms with Crippen LogP contribution in [0.15, 0.2) is 93.5 Å². The lowest BCUT2D eigenvalue weighted by Gasteiger charge is -2.38. The quantitative estimate of drug-likeness (QED) is 0.272. The number of benzene rings is 3. The van der Waals surface area contributed by atoms with Gasteiger partial charge in [0.2, 0.25) is 0 Å². The Labute approximate surface area is 200 Å². The molecule has 3 aromatic rings. The van der Waals surface area contributed by atoms with Crippen molar-refractivity contribution in [3.8, 4) is 0 Å². The lowest BCUT2D eigenvalue weighted by molar-refractivity contribution is 0.150. The highest BCUT2D eigenvalue weighted by Gasteiger charge is 2.35. The van der Waals surface area contributed by atoms with Crippen LogP contribution in [0.5, 0.6) is 0 Å². The molecule has 1 N–H and O–H groups in total. The van der Waals surface area contributed by atoms with Crippen LogP contribution in [0.4, 0.5) is 4.79 Å². The summed E-state index contributed by atoms with van der Waals surface area (Å²) in [5.41, 5.74) is 2.55. The zero-order valence-corrected chi connectivity index (χ0v) is 20.7. The predicted octanol–water partition coefficient (Wildman–Crippen LogP) is 9.04. The van der Waals surface area contributed by atoms with E-state index >= 15 is 0 Å². The molecule has 0 amide bonds. The third-order valence-corrected chi connectivity index (χ3v) is 9.12. The van der Waals surface area contributed by atoms with Crippen LogP contribution in [-0.4, -0.2) is 11.3 Å². The van der Waals surface area contributed by atoms with E-state index in [1.54, 1.807) is 0 Å². The molecule has 0 aliphatic heterocycles. The van der Waals surface area contributed by atoms with Crippen LogP contribution in [0.1, 0.15) is 63.5 Å². The van der Waals surface area contributed by atoms with Crippen molar-refractivity contribution in [3.63, 3.8) is 0 Å². The van der Waals surface area contributed by atoms with Gasteiger partial charge in [-0.1, -0.05) is 82.0 Å². The molecule has 0 atom stereocenters. The van der Waals surface area contributed by atoms with Crippen molar-refractivity contribution in [3.05, 3.63) is 90.0 Å². The Kier molecular flexibility index (Phi) is 9.44. The lowest BCUT2D eigenvalue weighted by Crippen LogP contribution is -2.12. The first-order valence-corrected chi connectivity index (χ1v) is 13.6. The molecule has 0 spiro atoms. The molecule has 0 aromatic heterocycles. The molecule has 4 heteroatoms. The molecular weight excluding hydrogens is 428 g/mol. The Morgan fingerprint density at radius 1 is 0.667 bits per heavy atom. The first-order valence-electron chi connectivity index (χ1n) is 12.1. The fourth-order valence-corrected chi connectivity index (χ4v) is 7.02. The second-order valence-electron chi connectivity index (χ2n) is 8.42. The van der Waals surface area contributed by atoms with Crippen molar-refractivity contribution >= 4 is 16.5 Å². The van der Waals surface area contributed by atoms with E-state index in [1.807, 2.05) is 30.3 Å². The van der Waals surface area contributed by atoms with Crippen molar-refractivity contribution in [1.82, 2.24) is 0 Å². The zero-order valence-electron chi connectivity index (χ0n) is 19.8. The van der Waals surface area contributed by atoms with E-state index in [0.29, 0.717) is 0 Å².